The Morgan fingerprint density at radius 2 is 2.00 bits per heavy atom. The molecule has 1 unspecified atom stereocenters. The molecule has 106 valence electrons. The van der Waals surface area contributed by atoms with E-state index in [2.05, 4.69) is 6.07 Å². The number of carbonyl (C=O) groups is 1. The average molecular weight is 308 g/mol. The highest BCUT2D eigenvalue weighted by molar-refractivity contribution is 8.00. The molecule has 1 aromatic heterocycles. The SMILES string of the molecule is N#CC1Sc2c(C(=O)O)c(=O)c3ccc4ccccc4c3n21. The van der Waals surface area contributed by atoms with E-state index in [0.29, 0.717) is 15.9 Å². The average Bonchev–Trinajstić information content (AvgIpc) is 2.49. The van der Waals surface area contributed by atoms with Crippen molar-refractivity contribution >= 4 is 39.4 Å². The third-order valence-corrected chi connectivity index (χ3v) is 4.99. The molecule has 0 saturated heterocycles. The van der Waals surface area contributed by atoms with Crippen LogP contribution in [-0.2, 0) is 0 Å². The molecule has 2 aromatic carbocycles. The molecular weight excluding hydrogens is 300 g/mol. The van der Waals surface area contributed by atoms with Gasteiger partial charge in [0.1, 0.15) is 5.56 Å². The van der Waals surface area contributed by atoms with Gasteiger partial charge in [0.25, 0.3) is 0 Å². The third-order valence-electron chi connectivity index (χ3n) is 3.83. The van der Waals surface area contributed by atoms with Gasteiger partial charge in [-0.15, -0.1) is 0 Å². The zero-order valence-corrected chi connectivity index (χ0v) is 11.9. The highest BCUT2D eigenvalue weighted by Crippen LogP contribution is 2.47. The zero-order valence-electron chi connectivity index (χ0n) is 11.1. The van der Waals surface area contributed by atoms with Gasteiger partial charge in [-0.2, -0.15) is 5.26 Å². The smallest absolute Gasteiger partial charge is 0.342 e. The molecular formula is C16H8N2O3S. The number of nitriles is 1. The van der Waals surface area contributed by atoms with Crippen LogP contribution in [0.1, 0.15) is 15.7 Å². The summed E-state index contributed by atoms with van der Waals surface area (Å²) in [5.41, 5.74) is -0.115. The molecule has 1 atom stereocenters. The Kier molecular flexibility index (Phi) is 2.56. The number of carboxylic acids is 1. The Morgan fingerprint density at radius 1 is 1.23 bits per heavy atom. The maximum Gasteiger partial charge on any atom is 0.342 e. The number of rotatable bonds is 1. The van der Waals surface area contributed by atoms with Crippen molar-refractivity contribution in [3.8, 4) is 6.07 Å². The predicted molar refractivity (Wildman–Crippen MR) is 83.2 cm³/mol. The second-order valence-electron chi connectivity index (χ2n) is 4.97. The summed E-state index contributed by atoms with van der Waals surface area (Å²) < 4.78 is 1.66. The van der Waals surface area contributed by atoms with Crippen LogP contribution in [0.2, 0.25) is 0 Å². The number of thioether (sulfide) groups is 1. The first kappa shape index (κ1) is 12.9. The van der Waals surface area contributed by atoms with Crippen molar-refractivity contribution in [2.45, 2.75) is 10.4 Å². The van der Waals surface area contributed by atoms with Crippen LogP contribution in [0.4, 0.5) is 0 Å². The van der Waals surface area contributed by atoms with Crippen LogP contribution in [0.3, 0.4) is 0 Å². The van der Waals surface area contributed by atoms with Crippen LogP contribution in [0, 0.1) is 11.3 Å². The van der Waals surface area contributed by atoms with E-state index in [1.54, 1.807) is 16.7 Å². The van der Waals surface area contributed by atoms with Gasteiger partial charge in [-0.1, -0.05) is 42.1 Å². The van der Waals surface area contributed by atoms with Crippen molar-refractivity contribution < 1.29 is 9.90 Å². The fourth-order valence-electron chi connectivity index (χ4n) is 2.87. The maximum absolute atomic E-state index is 12.5. The number of hydrogen-bond donors (Lipinski definition) is 1. The van der Waals surface area contributed by atoms with E-state index in [-0.39, 0.29) is 5.56 Å². The molecule has 4 rings (SSSR count). The Morgan fingerprint density at radius 3 is 2.73 bits per heavy atom. The molecule has 0 amide bonds. The molecule has 0 saturated carbocycles. The summed E-state index contributed by atoms with van der Waals surface area (Å²) in [4.78, 5) is 23.9. The second kappa shape index (κ2) is 4.36. The van der Waals surface area contributed by atoms with Gasteiger partial charge in [0.2, 0.25) is 5.43 Å². The molecule has 0 spiro atoms. The second-order valence-corrected chi connectivity index (χ2v) is 6.04. The summed E-state index contributed by atoms with van der Waals surface area (Å²) >= 11 is 1.11. The number of carboxylic acid groups (broad SMARTS) is 1. The van der Waals surface area contributed by atoms with Gasteiger partial charge < -0.3 is 9.67 Å². The minimum atomic E-state index is -1.26. The number of pyridine rings is 1. The van der Waals surface area contributed by atoms with Gasteiger partial charge in [0, 0.05) is 10.8 Å². The highest BCUT2D eigenvalue weighted by Gasteiger charge is 2.35. The van der Waals surface area contributed by atoms with Crippen LogP contribution < -0.4 is 5.43 Å². The largest absolute Gasteiger partial charge is 0.477 e. The Labute approximate surface area is 128 Å². The van der Waals surface area contributed by atoms with Crippen molar-refractivity contribution in [3.05, 3.63) is 52.2 Å². The first-order chi connectivity index (χ1) is 10.6. The van der Waals surface area contributed by atoms with E-state index < -0.39 is 16.8 Å². The molecule has 5 nitrogen and oxygen atoms in total. The molecule has 22 heavy (non-hydrogen) atoms. The van der Waals surface area contributed by atoms with Gasteiger partial charge in [-0.05, 0) is 11.5 Å². The number of aromatic carboxylic acids is 1. The maximum atomic E-state index is 12.5. The first-order valence-corrected chi connectivity index (χ1v) is 7.41. The van der Waals surface area contributed by atoms with Crippen LogP contribution in [-0.4, -0.2) is 15.6 Å². The fraction of sp³-hybridized carbons (Fsp3) is 0.0625. The van der Waals surface area contributed by atoms with Crippen LogP contribution in [0.25, 0.3) is 21.7 Å². The number of fused-ring (bicyclic) bond motifs is 5. The molecule has 1 N–H and O–H groups in total. The van der Waals surface area contributed by atoms with E-state index in [4.69, 9.17) is 0 Å². The molecule has 3 aromatic rings. The first-order valence-electron chi connectivity index (χ1n) is 6.53. The molecule has 1 aliphatic heterocycles. The minimum Gasteiger partial charge on any atom is -0.477 e. The zero-order chi connectivity index (χ0) is 15.4. The Hall–Kier alpha value is -2.78. The standard InChI is InChI=1S/C16H8N2O3S/c17-7-11-18-13-9-4-2-1-3-8(9)5-6-10(13)14(19)12(16(20)21)15(18)22-11/h1-6,11H,(H,20,21). The lowest BCUT2D eigenvalue weighted by Gasteiger charge is -2.31. The summed E-state index contributed by atoms with van der Waals surface area (Å²) in [5, 5.41) is 20.5. The fourth-order valence-corrected chi connectivity index (χ4v) is 3.90. The summed E-state index contributed by atoms with van der Waals surface area (Å²) in [7, 11) is 0. The number of nitrogens with zero attached hydrogens (tertiary/aromatic N) is 2. The molecule has 0 radical (unpaired) electrons. The topological polar surface area (TPSA) is 83.1 Å². The number of hydrogen-bond acceptors (Lipinski definition) is 4. The van der Waals surface area contributed by atoms with E-state index in [0.717, 1.165) is 22.5 Å². The lowest BCUT2D eigenvalue weighted by atomic mass is 10.0. The minimum absolute atomic E-state index is 0.251. The van der Waals surface area contributed by atoms with Gasteiger partial charge in [-0.25, -0.2) is 4.79 Å². The van der Waals surface area contributed by atoms with E-state index >= 15 is 0 Å². The highest BCUT2D eigenvalue weighted by atomic mass is 32.2. The number of aromatic nitrogens is 1. The summed E-state index contributed by atoms with van der Waals surface area (Å²) in [6.07, 6.45) is 0. The van der Waals surface area contributed by atoms with Gasteiger partial charge in [-0.3, -0.25) is 4.79 Å². The molecule has 0 fully saturated rings. The van der Waals surface area contributed by atoms with Crippen LogP contribution >= 0.6 is 11.8 Å². The number of benzene rings is 2. The van der Waals surface area contributed by atoms with E-state index in [9.17, 15) is 20.0 Å². The van der Waals surface area contributed by atoms with Crippen LogP contribution in [0.15, 0.2) is 46.2 Å². The van der Waals surface area contributed by atoms with Gasteiger partial charge in [0.15, 0.2) is 5.37 Å². The normalized spacial score (nSPS) is 16.0. The van der Waals surface area contributed by atoms with Gasteiger partial charge in [0.05, 0.1) is 16.6 Å². The van der Waals surface area contributed by atoms with Crippen molar-refractivity contribution in [1.29, 1.82) is 5.26 Å². The van der Waals surface area contributed by atoms with E-state index in [1.807, 2.05) is 24.3 Å². The quantitative estimate of drug-likeness (QED) is 0.699. The predicted octanol–water partition coefficient (Wildman–Crippen LogP) is 2.98. The summed E-state index contributed by atoms with van der Waals surface area (Å²) in [5.74, 6) is -1.26. The molecule has 0 bridgehead atoms. The van der Waals surface area contributed by atoms with Crippen LogP contribution in [0.5, 0.6) is 0 Å². The molecule has 6 heteroatoms. The summed E-state index contributed by atoms with van der Waals surface area (Å²) in [6.45, 7) is 0. The van der Waals surface area contributed by atoms with Crippen molar-refractivity contribution in [2.24, 2.45) is 0 Å². The summed E-state index contributed by atoms with van der Waals surface area (Å²) in [6, 6.07) is 13.1. The van der Waals surface area contributed by atoms with Crippen molar-refractivity contribution in [1.82, 2.24) is 4.57 Å². The Bertz CT molecular complexity index is 1080. The van der Waals surface area contributed by atoms with Crippen molar-refractivity contribution in [2.75, 3.05) is 0 Å². The molecule has 2 heterocycles. The molecule has 0 aliphatic carbocycles. The monoisotopic (exact) mass is 308 g/mol. The Balaban J connectivity index is 2.30. The van der Waals surface area contributed by atoms with Crippen molar-refractivity contribution in [3.63, 3.8) is 0 Å². The van der Waals surface area contributed by atoms with Gasteiger partial charge >= 0.3 is 5.97 Å². The molecule has 1 aliphatic rings. The van der Waals surface area contributed by atoms with E-state index in [1.165, 1.54) is 0 Å². The third kappa shape index (κ3) is 1.49. The lowest BCUT2D eigenvalue weighted by molar-refractivity contribution is 0.0689. The lowest BCUT2D eigenvalue weighted by Crippen LogP contribution is -2.28.